The summed E-state index contributed by atoms with van der Waals surface area (Å²) in [4.78, 5) is 27.4. The maximum absolute atomic E-state index is 12.2. The molecular formula is C14H20N4O2. The van der Waals surface area contributed by atoms with Crippen LogP contribution in [0.1, 0.15) is 6.92 Å². The molecule has 0 aliphatic carbocycles. The maximum Gasteiger partial charge on any atom is 0.241 e. The molecule has 3 N–H and O–H groups in total. The number of nitrogens with zero attached hydrogens (tertiary/aromatic N) is 2. The molecule has 1 unspecified atom stereocenters. The largest absolute Gasteiger partial charge is 0.397 e. The summed E-state index contributed by atoms with van der Waals surface area (Å²) in [6.07, 6.45) is 0. The number of anilines is 2. The van der Waals surface area contributed by atoms with Crippen LogP contribution in [0.4, 0.5) is 11.4 Å². The summed E-state index contributed by atoms with van der Waals surface area (Å²) in [6.45, 7) is 3.41. The second-order valence-corrected chi connectivity index (χ2v) is 5.04. The highest BCUT2D eigenvalue weighted by molar-refractivity contribution is 5.97. The molecule has 20 heavy (non-hydrogen) atoms. The Labute approximate surface area is 118 Å². The second-order valence-electron chi connectivity index (χ2n) is 5.04. The molecule has 1 aliphatic rings. The zero-order valence-corrected chi connectivity index (χ0v) is 11.8. The van der Waals surface area contributed by atoms with E-state index in [1.54, 1.807) is 31.0 Å². The van der Waals surface area contributed by atoms with Crippen LogP contribution in [0.15, 0.2) is 24.3 Å². The van der Waals surface area contributed by atoms with Crippen LogP contribution in [-0.2, 0) is 9.59 Å². The summed E-state index contributed by atoms with van der Waals surface area (Å²) in [5.74, 6) is -0.115. The van der Waals surface area contributed by atoms with E-state index in [0.717, 1.165) is 0 Å². The number of para-hydroxylation sites is 2. The molecule has 0 saturated carbocycles. The van der Waals surface area contributed by atoms with Gasteiger partial charge in [-0.1, -0.05) is 12.1 Å². The lowest BCUT2D eigenvalue weighted by Gasteiger charge is -2.35. The van der Waals surface area contributed by atoms with Crippen LogP contribution in [0.5, 0.6) is 0 Å². The predicted octanol–water partition coefficient (Wildman–Crippen LogP) is 0.370. The number of hydrogen-bond donors (Lipinski definition) is 2. The molecule has 2 amide bonds. The van der Waals surface area contributed by atoms with Crippen molar-refractivity contribution in [2.45, 2.75) is 13.0 Å². The van der Waals surface area contributed by atoms with E-state index in [1.807, 2.05) is 17.0 Å². The number of carbonyl (C=O) groups is 2. The van der Waals surface area contributed by atoms with E-state index in [1.165, 1.54) is 0 Å². The summed E-state index contributed by atoms with van der Waals surface area (Å²) in [7, 11) is 1.77. The molecule has 2 rings (SSSR count). The Morgan fingerprint density at radius 2 is 2.05 bits per heavy atom. The van der Waals surface area contributed by atoms with Gasteiger partial charge < -0.3 is 16.0 Å². The Morgan fingerprint density at radius 1 is 1.35 bits per heavy atom. The number of likely N-dealkylation sites (N-methyl/N-ethyl adjacent to an activating group) is 1. The van der Waals surface area contributed by atoms with Gasteiger partial charge in [0.15, 0.2) is 0 Å². The van der Waals surface area contributed by atoms with Crippen LogP contribution in [0.25, 0.3) is 0 Å². The quantitative estimate of drug-likeness (QED) is 0.782. The molecule has 0 spiro atoms. The van der Waals surface area contributed by atoms with Crippen LogP contribution in [0, 0.1) is 0 Å². The van der Waals surface area contributed by atoms with Crippen molar-refractivity contribution in [1.82, 2.24) is 9.80 Å². The van der Waals surface area contributed by atoms with Gasteiger partial charge in [-0.05, 0) is 19.1 Å². The van der Waals surface area contributed by atoms with Crippen LogP contribution < -0.4 is 11.1 Å². The van der Waals surface area contributed by atoms with Crippen molar-refractivity contribution in [3.8, 4) is 0 Å². The normalized spacial score (nSPS) is 17.9. The minimum atomic E-state index is -0.368. The SMILES string of the molecule is CC(C(=O)Nc1ccccc1N)N1CCN(C)C(=O)C1. The lowest BCUT2D eigenvalue weighted by molar-refractivity contribution is -0.136. The van der Waals surface area contributed by atoms with Crippen molar-refractivity contribution < 1.29 is 9.59 Å². The number of nitrogens with one attached hydrogen (secondary N) is 1. The monoisotopic (exact) mass is 276 g/mol. The topological polar surface area (TPSA) is 78.7 Å². The number of carbonyl (C=O) groups excluding carboxylic acids is 2. The van der Waals surface area contributed by atoms with Crippen molar-refractivity contribution in [1.29, 1.82) is 0 Å². The van der Waals surface area contributed by atoms with Crippen LogP contribution >= 0.6 is 0 Å². The number of rotatable bonds is 3. The molecule has 0 bridgehead atoms. The van der Waals surface area contributed by atoms with Crippen LogP contribution in [0.3, 0.4) is 0 Å². The molecule has 1 aliphatic heterocycles. The molecule has 0 aromatic heterocycles. The first-order valence-corrected chi connectivity index (χ1v) is 6.62. The highest BCUT2D eigenvalue weighted by atomic mass is 16.2. The number of piperazine rings is 1. The third-order valence-electron chi connectivity index (χ3n) is 3.63. The Kier molecular flexibility index (Phi) is 4.24. The number of benzene rings is 1. The molecule has 108 valence electrons. The fourth-order valence-electron chi connectivity index (χ4n) is 2.12. The van der Waals surface area contributed by atoms with Crippen LogP contribution in [0.2, 0.25) is 0 Å². The first-order chi connectivity index (χ1) is 9.49. The molecule has 1 heterocycles. The van der Waals surface area contributed by atoms with E-state index >= 15 is 0 Å². The van der Waals surface area contributed by atoms with Crippen molar-refractivity contribution in [3.63, 3.8) is 0 Å². The minimum absolute atomic E-state index is 0.0372. The summed E-state index contributed by atoms with van der Waals surface area (Å²) in [6, 6.07) is 6.76. The van der Waals surface area contributed by atoms with E-state index in [0.29, 0.717) is 24.5 Å². The molecule has 1 saturated heterocycles. The zero-order valence-electron chi connectivity index (χ0n) is 11.8. The van der Waals surface area contributed by atoms with E-state index in [2.05, 4.69) is 5.32 Å². The lowest BCUT2D eigenvalue weighted by Crippen LogP contribution is -2.54. The van der Waals surface area contributed by atoms with E-state index in [9.17, 15) is 9.59 Å². The van der Waals surface area contributed by atoms with Gasteiger partial charge in [0.2, 0.25) is 11.8 Å². The number of hydrogen-bond acceptors (Lipinski definition) is 4. The van der Waals surface area contributed by atoms with Gasteiger partial charge in [0.1, 0.15) is 0 Å². The van der Waals surface area contributed by atoms with Crippen molar-refractivity contribution in [2.24, 2.45) is 0 Å². The molecule has 1 aromatic rings. The Hall–Kier alpha value is -2.08. The minimum Gasteiger partial charge on any atom is -0.397 e. The summed E-state index contributed by atoms with van der Waals surface area (Å²) in [5, 5.41) is 2.80. The first-order valence-electron chi connectivity index (χ1n) is 6.62. The van der Waals surface area contributed by atoms with E-state index in [4.69, 9.17) is 5.73 Å². The number of nitrogen functional groups attached to an aromatic ring is 1. The third-order valence-corrected chi connectivity index (χ3v) is 3.63. The van der Waals surface area contributed by atoms with Gasteiger partial charge in [-0.25, -0.2) is 0 Å². The second kappa shape index (κ2) is 5.92. The van der Waals surface area contributed by atoms with Gasteiger partial charge in [-0.15, -0.1) is 0 Å². The van der Waals surface area contributed by atoms with Gasteiger partial charge in [0.05, 0.1) is 24.0 Å². The standard InChI is InChI=1S/C14H20N4O2/c1-10(18-8-7-17(2)13(19)9-18)14(20)16-12-6-4-3-5-11(12)15/h3-6,10H,7-9,15H2,1-2H3,(H,16,20). The third kappa shape index (κ3) is 3.08. The highest BCUT2D eigenvalue weighted by Crippen LogP contribution is 2.17. The Balaban J connectivity index is 1.99. The van der Waals surface area contributed by atoms with Gasteiger partial charge in [0.25, 0.3) is 0 Å². The molecule has 1 fully saturated rings. The molecule has 6 nitrogen and oxygen atoms in total. The predicted molar refractivity (Wildman–Crippen MR) is 78.2 cm³/mol. The molecule has 6 heteroatoms. The van der Waals surface area contributed by atoms with Gasteiger partial charge in [0, 0.05) is 20.1 Å². The fourth-order valence-corrected chi connectivity index (χ4v) is 2.12. The summed E-state index contributed by atoms with van der Waals surface area (Å²) >= 11 is 0. The number of amides is 2. The van der Waals surface area contributed by atoms with E-state index < -0.39 is 0 Å². The molecular weight excluding hydrogens is 256 g/mol. The Bertz CT molecular complexity index is 518. The van der Waals surface area contributed by atoms with Crippen molar-refractivity contribution in [2.75, 3.05) is 37.7 Å². The van der Waals surface area contributed by atoms with Crippen molar-refractivity contribution in [3.05, 3.63) is 24.3 Å². The molecule has 1 atom stereocenters. The fraction of sp³-hybridized carbons (Fsp3) is 0.429. The van der Waals surface area contributed by atoms with Crippen LogP contribution in [-0.4, -0.2) is 54.3 Å². The maximum atomic E-state index is 12.2. The summed E-state index contributed by atoms with van der Waals surface area (Å²) < 4.78 is 0. The average molecular weight is 276 g/mol. The van der Waals surface area contributed by atoms with Gasteiger partial charge in [-0.3, -0.25) is 14.5 Å². The van der Waals surface area contributed by atoms with E-state index in [-0.39, 0.29) is 24.4 Å². The van der Waals surface area contributed by atoms with Gasteiger partial charge >= 0.3 is 0 Å². The smallest absolute Gasteiger partial charge is 0.241 e. The van der Waals surface area contributed by atoms with Crippen molar-refractivity contribution >= 4 is 23.2 Å². The highest BCUT2D eigenvalue weighted by Gasteiger charge is 2.28. The molecule has 1 aromatic carbocycles. The van der Waals surface area contributed by atoms with Gasteiger partial charge in [-0.2, -0.15) is 0 Å². The Morgan fingerprint density at radius 3 is 2.70 bits per heavy atom. The average Bonchev–Trinajstić information content (AvgIpc) is 2.43. The summed E-state index contributed by atoms with van der Waals surface area (Å²) in [5.41, 5.74) is 6.93. The first kappa shape index (κ1) is 14.3. The lowest BCUT2D eigenvalue weighted by atomic mass is 10.2. The molecule has 0 radical (unpaired) electrons. The number of nitrogens with two attached hydrogens (primary N) is 1. The zero-order chi connectivity index (χ0) is 14.7.